The van der Waals surface area contributed by atoms with E-state index in [1.165, 1.54) is 5.56 Å². The average molecular weight is 290 g/mol. The van der Waals surface area contributed by atoms with Crippen molar-refractivity contribution in [2.75, 3.05) is 25.1 Å². The highest BCUT2D eigenvalue weighted by Gasteiger charge is 2.15. The molecule has 0 aromatic carbocycles. The van der Waals surface area contributed by atoms with Crippen LogP contribution in [0.1, 0.15) is 5.56 Å². The van der Waals surface area contributed by atoms with Gasteiger partial charge in [-0.1, -0.05) is 22.6 Å². The molecule has 0 amide bonds. The summed E-state index contributed by atoms with van der Waals surface area (Å²) in [4.78, 5) is 6.49. The maximum Gasteiger partial charge on any atom is 0.171 e. The molecule has 0 aliphatic carbocycles. The highest BCUT2D eigenvalue weighted by Crippen LogP contribution is 2.29. The zero-order valence-corrected chi connectivity index (χ0v) is 9.61. The Morgan fingerprint density at radius 3 is 3.31 bits per heavy atom. The molecule has 0 spiro atoms. The van der Waals surface area contributed by atoms with Crippen LogP contribution in [-0.2, 0) is 4.43 Å². The molecule has 1 aromatic heterocycles. The first-order valence-corrected chi connectivity index (χ1v) is 5.72. The fraction of sp³-hybridized carbons (Fsp3) is 0.444. The van der Waals surface area contributed by atoms with E-state index in [1.54, 1.807) is 0 Å². The number of alkyl halides is 1. The molecule has 70 valence electrons. The van der Waals surface area contributed by atoms with E-state index in [9.17, 15) is 0 Å². The third-order valence-electron chi connectivity index (χ3n) is 2.09. The summed E-state index contributed by atoms with van der Waals surface area (Å²) in [6.07, 6.45) is 1.91. The van der Waals surface area contributed by atoms with Gasteiger partial charge in [-0.2, -0.15) is 0 Å². The fourth-order valence-electron chi connectivity index (χ4n) is 1.34. The molecular formula is C9H11IN2O. The van der Waals surface area contributed by atoms with Crippen LogP contribution >= 0.6 is 22.6 Å². The van der Waals surface area contributed by atoms with Gasteiger partial charge >= 0.3 is 0 Å². The van der Waals surface area contributed by atoms with Gasteiger partial charge in [-0.25, -0.2) is 4.98 Å². The third kappa shape index (κ3) is 1.72. The number of hydrogen-bond acceptors (Lipinski definition) is 3. The molecule has 1 aliphatic heterocycles. The van der Waals surface area contributed by atoms with E-state index in [4.69, 9.17) is 4.74 Å². The van der Waals surface area contributed by atoms with E-state index < -0.39 is 0 Å². The van der Waals surface area contributed by atoms with Crippen molar-refractivity contribution in [3.05, 3.63) is 17.8 Å². The lowest BCUT2D eigenvalue weighted by Crippen LogP contribution is -2.29. The molecule has 4 heteroatoms. The van der Waals surface area contributed by atoms with E-state index in [0.717, 1.165) is 29.1 Å². The van der Waals surface area contributed by atoms with Gasteiger partial charge in [-0.15, -0.1) is 0 Å². The molecule has 2 rings (SSSR count). The highest BCUT2D eigenvalue weighted by molar-refractivity contribution is 14.1. The van der Waals surface area contributed by atoms with Gasteiger partial charge in [-0.3, -0.25) is 0 Å². The molecule has 1 aromatic rings. The van der Waals surface area contributed by atoms with Crippen LogP contribution in [0.3, 0.4) is 0 Å². The van der Waals surface area contributed by atoms with Crippen LogP contribution in [0.15, 0.2) is 12.3 Å². The van der Waals surface area contributed by atoms with Crippen LogP contribution in [-0.4, -0.2) is 25.2 Å². The number of anilines is 1. The fourth-order valence-corrected chi connectivity index (χ4v) is 1.76. The van der Waals surface area contributed by atoms with Gasteiger partial charge in [0.15, 0.2) is 11.6 Å². The molecule has 0 unspecified atom stereocenters. The highest BCUT2D eigenvalue weighted by atomic mass is 127. The van der Waals surface area contributed by atoms with Crippen molar-refractivity contribution in [1.29, 1.82) is 0 Å². The Kier molecular flexibility index (Phi) is 2.57. The van der Waals surface area contributed by atoms with Crippen LogP contribution in [0.4, 0.5) is 5.82 Å². The largest absolute Gasteiger partial charge is 0.488 e. The van der Waals surface area contributed by atoms with E-state index in [1.807, 2.05) is 13.2 Å². The summed E-state index contributed by atoms with van der Waals surface area (Å²) < 4.78 is 6.51. The molecule has 3 nitrogen and oxygen atoms in total. The van der Waals surface area contributed by atoms with Crippen molar-refractivity contribution in [3.63, 3.8) is 0 Å². The number of likely N-dealkylation sites (N-methyl/N-ethyl adjacent to an activating group) is 1. The first-order valence-electron chi connectivity index (χ1n) is 4.20. The second kappa shape index (κ2) is 3.69. The molecule has 0 saturated carbocycles. The Labute approximate surface area is 91.2 Å². The zero-order valence-electron chi connectivity index (χ0n) is 7.46. The Morgan fingerprint density at radius 2 is 2.54 bits per heavy atom. The molecule has 0 fully saturated rings. The van der Waals surface area contributed by atoms with Gasteiger partial charge in [0.2, 0.25) is 0 Å². The summed E-state index contributed by atoms with van der Waals surface area (Å²) in [5.41, 5.74) is 1.22. The standard InChI is InChI=1S/C9H11IN2O/c1-12-2-3-13-8-4-7(5-10)6-11-9(8)12/h4,6H,2-3,5H2,1H3. The molecule has 0 saturated heterocycles. The lowest BCUT2D eigenvalue weighted by molar-refractivity contribution is 0.308. The van der Waals surface area contributed by atoms with Gasteiger partial charge in [0.05, 0.1) is 6.54 Å². The van der Waals surface area contributed by atoms with Crippen molar-refractivity contribution < 1.29 is 4.74 Å². The van der Waals surface area contributed by atoms with Crippen molar-refractivity contribution >= 4 is 28.4 Å². The van der Waals surface area contributed by atoms with Crippen LogP contribution in [0, 0.1) is 0 Å². The van der Waals surface area contributed by atoms with Gasteiger partial charge in [0.25, 0.3) is 0 Å². The zero-order chi connectivity index (χ0) is 9.26. The molecule has 0 N–H and O–H groups in total. The van der Waals surface area contributed by atoms with Crippen molar-refractivity contribution in [2.45, 2.75) is 4.43 Å². The number of aromatic nitrogens is 1. The van der Waals surface area contributed by atoms with Crippen molar-refractivity contribution in [1.82, 2.24) is 4.98 Å². The Hall–Kier alpha value is -0.520. The minimum absolute atomic E-state index is 0.760. The van der Waals surface area contributed by atoms with Crippen molar-refractivity contribution in [3.8, 4) is 5.75 Å². The summed E-state index contributed by atoms with van der Waals surface area (Å²) in [7, 11) is 2.04. The average Bonchev–Trinajstić information content (AvgIpc) is 2.18. The normalized spacial score (nSPS) is 15.1. The maximum absolute atomic E-state index is 5.53. The van der Waals surface area contributed by atoms with Crippen LogP contribution < -0.4 is 9.64 Å². The predicted octanol–water partition coefficient (Wildman–Crippen LogP) is 1.85. The van der Waals surface area contributed by atoms with E-state index >= 15 is 0 Å². The number of nitrogens with zero attached hydrogens (tertiary/aromatic N) is 2. The minimum atomic E-state index is 0.760. The summed E-state index contributed by atoms with van der Waals surface area (Å²) in [6, 6.07) is 2.07. The van der Waals surface area contributed by atoms with E-state index in [-0.39, 0.29) is 0 Å². The Bertz CT molecular complexity index is 316. The first-order chi connectivity index (χ1) is 6.31. The molecular weight excluding hydrogens is 279 g/mol. The van der Waals surface area contributed by atoms with Gasteiger partial charge in [0, 0.05) is 17.7 Å². The van der Waals surface area contributed by atoms with E-state index in [0.29, 0.717) is 0 Å². The SMILES string of the molecule is CN1CCOc2cc(CI)cnc21. The second-order valence-electron chi connectivity index (χ2n) is 3.07. The number of hydrogen-bond donors (Lipinski definition) is 0. The summed E-state index contributed by atoms with van der Waals surface area (Å²) in [6.45, 7) is 1.68. The number of rotatable bonds is 1. The molecule has 2 heterocycles. The quantitative estimate of drug-likeness (QED) is 0.583. The van der Waals surface area contributed by atoms with Crippen LogP contribution in [0.25, 0.3) is 0 Å². The minimum Gasteiger partial charge on any atom is -0.488 e. The first kappa shape index (κ1) is 9.05. The lowest BCUT2D eigenvalue weighted by Gasteiger charge is -2.26. The monoisotopic (exact) mass is 290 g/mol. The number of pyridine rings is 1. The molecule has 0 atom stereocenters. The number of ether oxygens (including phenoxy) is 1. The van der Waals surface area contributed by atoms with Crippen LogP contribution in [0.2, 0.25) is 0 Å². The van der Waals surface area contributed by atoms with Gasteiger partial charge in [-0.05, 0) is 11.6 Å². The molecule has 1 aliphatic rings. The molecule has 13 heavy (non-hydrogen) atoms. The van der Waals surface area contributed by atoms with Gasteiger partial charge < -0.3 is 9.64 Å². The summed E-state index contributed by atoms with van der Waals surface area (Å²) >= 11 is 2.32. The Balaban J connectivity index is 2.39. The second-order valence-corrected chi connectivity index (χ2v) is 3.83. The summed E-state index contributed by atoms with van der Waals surface area (Å²) in [5, 5.41) is 0. The predicted molar refractivity (Wildman–Crippen MR) is 60.7 cm³/mol. The van der Waals surface area contributed by atoms with Crippen LogP contribution in [0.5, 0.6) is 5.75 Å². The number of halogens is 1. The van der Waals surface area contributed by atoms with E-state index in [2.05, 4.69) is 38.5 Å². The summed E-state index contributed by atoms with van der Waals surface area (Å²) in [5.74, 6) is 1.88. The molecule has 0 radical (unpaired) electrons. The number of fused-ring (bicyclic) bond motifs is 1. The maximum atomic E-state index is 5.53. The lowest BCUT2D eigenvalue weighted by atomic mass is 10.3. The third-order valence-corrected chi connectivity index (χ3v) is 2.97. The Morgan fingerprint density at radius 1 is 1.69 bits per heavy atom. The van der Waals surface area contributed by atoms with Gasteiger partial charge in [0.1, 0.15) is 6.61 Å². The van der Waals surface area contributed by atoms with Crippen molar-refractivity contribution in [2.24, 2.45) is 0 Å². The smallest absolute Gasteiger partial charge is 0.171 e. The molecule has 0 bridgehead atoms. The topological polar surface area (TPSA) is 25.4 Å².